The third-order valence-electron chi connectivity index (χ3n) is 2.61. The second-order valence-electron chi connectivity index (χ2n) is 3.84. The van der Waals surface area contributed by atoms with Crippen LogP contribution in [0.3, 0.4) is 0 Å². The molecule has 1 N–H and O–H groups in total. The maximum absolute atomic E-state index is 10.2. The van der Waals surface area contributed by atoms with Crippen LogP contribution in [0.2, 0.25) is 5.02 Å². The maximum atomic E-state index is 10.2. The Kier molecular flexibility index (Phi) is 3.86. The van der Waals surface area contributed by atoms with E-state index in [1.165, 1.54) is 0 Å². The fourth-order valence-corrected chi connectivity index (χ4v) is 2.27. The van der Waals surface area contributed by atoms with E-state index in [1.807, 2.05) is 29.9 Å². The molecule has 2 aromatic rings. The summed E-state index contributed by atoms with van der Waals surface area (Å²) < 4.78 is 2.78. The molecule has 17 heavy (non-hydrogen) atoms. The minimum atomic E-state index is -0.652. The summed E-state index contributed by atoms with van der Waals surface area (Å²) in [6.07, 6.45) is 3.36. The lowest BCUT2D eigenvalue weighted by molar-refractivity contribution is 0.175. The molecule has 2 rings (SSSR count). The molecule has 0 bridgehead atoms. The number of benzene rings is 1. The van der Waals surface area contributed by atoms with E-state index in [0.29, 0.717) is 17.0 Å². The Balaban J connectivity index is 2.23. The molecule has 0 saturated heterocycles. The number of aliphatic hydroxyl groups is 1. The molecule has 0 aliphatic carbocycles. The SMILES string of the molecule is Cn1ccnc1CC(O)c1cc(Br)ccc1Cl. The van der Waals surface area contributed by atoms with E-state index in [-0.39, 0.29) is 0 Å². The van der Waals surface area contributed by atoms with Crippen molar-refractivity contribution in [1.82, 2.24) is 9.55 Å². The van der Waals surface area contributed by atoms with Crippen molar-refractivity contribution >= 4 is 27.5 Å². The Hall–Kier alpha value is -0.840. The molecule has 0 aliphatic rings. The Labute approximate surface area is 113 Å². The maximum Gasteiger partial charge on any atom is 0.111 e. The quantitative estimate of drug-likeness (QED) is 0.945. The summed E-state index contributed by atoms with van der Waals surface area (Å²) >= 11 is 9.43. The first kappa shape index (κ1) is 12.6. The Morgan fingerprint density at radius 3 is 2.94 bits per heavy atom. The third kappa shape index (κ3) is 2.89. The normalized spacial score (nSPS) is 12.7. The second kappa shape index (κ2) is 5.21. The predicted molar refractivity (Wildman–Crippen MR) is 71.0 cm³/mol. The lowest BCUT2D eigenvalue weighted by atomic mass is 10.1. The average molecular weight is 316 g/mol. The second-order valence-corrected chi connectivity index (χ2v) is 5.16. The molecule has 1 unspecified atom stereocenters. The van der Waals surface area contributed by atoms with Crippen LogP contribution in [0.15, 0.2) is 35.1 Å². The van der Waals surface area contributed by atoms with E-state index in [1.54, 1.807) is 12.3 Å². The number of imidazole rings is 1. The molecule has 90 valence electrons. The van der Waals surface area contributed by atoms with Crippen LogP contribution in [0.4, 0.5) is 0 Å². The zero-order chi connectivity index (χ0) is 12.4. The van der Waals surface area contributed by atoms with Gasteiger partial charge in [-0.3, -0.25) is 0 Å². The topological polar surface area (TPSA) is 38.0 Å². The van der Waals surface area contributed by atoms with E-state index < -0.39 is 6.10 Å². The van der Waals surface area contributed by atoms with Gasteiger partial charge in [0.2, 0.25) is 0 Å². The van der Waals surface area contributed by atoms with Crippen LogP contribution in [0.5, 0.6) is 0 Å². The van der Waals surface area contributed by atoms with Crippen LogP contribution in [0, 0.1) is 0 Å². The Morgan fingerprint density at radius 2 is 2.29 bits per heavy atom. The minimum absolute atomic E-state index is 0.444. The molecular weight excluding hydrogens is 304 g/mol. The summed E-state index contributed by atoms with van der Waals surface area (Å²) in [5.41, 5.74) is 0.712. The van der Waals surface area contributed by atoms with Gasteiger partial charge in [0.25, 0.3) is 0 Å². The Bertz CT molecular complexity index is 527. The van der Waals surface area contributed by atoms with Gasteiger partial charge in [-0.25, -0.2) is 4.98 Å². The highest BCUT2D eigenvalue weighted by atomic mass is 79.9. The van der Waals surface area contributed by atoms with E-state index >= 15 is 0 Å². The zero-order valence-corrected chi connectivity index (χ0v) is 11.6. The lowest BCUT2D eigenvalue weighted by Gasteiger charge is -2.13. The van der Waals surface area contributed by atoms with Crippen LogP contribution in [0.1, 0.15) is 17.5 Å². The first-order valence-corrected chi connectivity index (χ1v) is 6.34. The highest BCUT2D eigenvalue weighted by Gasteiger charge is 2.14. The van der Waals surface area contributed by atoms with Gasteiger partial charge in [0, 0.05) is 40.9 Å². The smallest absolute Gasteiger partial charge is 0.111 e. The summed E-state index contributed by atoms with van der Waals surface area (Å²) in [5, 5.41) is 10.7. The molecule has 0 fully saturated rings. The fourth-order valence-electron chi connectivity index (χ4n) is 1.65. The summed E-state index contributed by atoms with van der Waals surface area (Å²) in [6, 6.07) is 5.44. The monoisotopic (exact) mass is 314 g/mol. The number of hydrogen-bond donors (Lipinski definition) is 1. The number of nitrogens with zero attached hydrogens (tertiary/aromatic N) is 2. The standard InChI is InChI=1S/C12H12BrClN2O/c1-16-5-4-15-12(16)7-11(17)9-6-8(13)2-3-10(9)14/h2-6,11,17H,7H2,1H3. The first-order chi connectivity index (χ1) is 8.08. The van der Waals surface area contributed by atoms with Gasteiger partial charge in [-0.2, -0.15) is 0 Å². The van der Waals surface area contributed by atoms with Crippen LogP contribution in [-0.4, -0.2) is 14.7 Å². The number of aryl methyl sites for hydroxylation is 1. The minimum Gasteiger partial charge on any atom is -0.388 e. The summed E-state index contributed by atoms with van der Waals surface area (Å²) in [6.45, 7) is 0. The van der Waals surface area contributed by atoms with Crippen molar-refractivity contribution in [3.8, 4) is 0 Å². The van der Waals surface area contributed by atoms with Gasteiger partial charge < -0.3 is 9.67 Å². The van der Waals surface area contributed by atoms with Gasteiger partial charge in [0.05, 0.1) is 6.10 Å². The number of hydrogen-bond acceptors (Lipinski definition) is 2. The Morgan fingerprint density at radius 1 is 1.53 bits per heavy atom. The van der Waals surface area contributed by atoms with Crippen LogP contribution in [0.25, 0.3) is 0 Å². The van der Waals surface area contributed by atoms with Gasteiger partial charge in [0.1, 0.15) is 5.82 Å². The molecule has 1 heterocycles. The van der Waals surface area contributed by atoms with Crippen LogP contribution < -0.4 is 0 Å². The lowest BCUT2D eigenvalue weighted by Crippen LogP contribution is -2.07. The molecule has 5 heteroatoms. The summed E-state index contributed by atoms with van der Waals surface area (Å²) in [5.74, 6) is 0.827. The molecule has 1 atom stereocenters. The van der Waals surface area contributed by atoms with Gasteiger partial charge >= 0.3 is 0 Å². The molecule has 0 saturated carbocycles. The highest BCUT2D eigenvalue weighted by molar-refractivity contribution is 9.10. The van der Waals surface area contributed by atoms with Crippen LogP contribution in [-0.2, 0) is 13.5 Å². The third-order valence-corrected chi connectivity index (χ3v) is 3.45. The molecule has 3 nitrogen and oxygen atoms in total. The van der Waals surface area contributed by atoms with Crippen molar-refractivity contribution in [3.63, 3.8) is 0 Å². The largest absolute Gasteiger partial charge is 0.388 e. The summed E-state index contributed by atoms with van der Waals surface area (Å²) in [7, 11) is 1.90. The van der Waals surface area contributed by atoms with Crippen molar-refractivity contribution in [1.29, 1.82) is 0 Å². The van der Waals surface area contributed by atoms with E-state index in [2.05, 4.69) is 20.9 Å². The summed E-state index contributed by atoms with van der Waals surface area (Å²) in [4.78, 5) is 4.18. The van der Waals surface area contributed by atoms with Gasteiger partial charge in [-0.15, -0.1) is 0 Å². The van der Waals surface area contributed by atoms with E-state index in [0.717, 1.165) is 10.3 Å². The van der Waals surface area contributed by atoms with E-state index in [9.17, 15) is 5.11 Å². The molecule has 0 radical (unpaired) electrons. The molecule has 0 spiro atoms. The van der Waals surface area contributed by atoms with Crippen molar-refractivity contribution in [2.45, 2.75) is 12.5 Å². The van der Waals surface area contributed by atoms with Crippen molar-refractivity contribution in [2.75, 3.05) is 0 Å². The molecule has 0 aliphatic heterocycles. The van der Waals surface area contributed by atoms with Gasteiger partial charge in [-0.1, -0.05) is 27.5 Å². The molecule has 0 amide bonds. The highest BCUT2D eigenvalue weighted by Crippen LogP contribution is 2.28. The fraction of sp³-hybridized carbons (Fsp3) is 0.250. The van der Waals surface area contributed by atoms with Crippen molar-refractivity contribution in [2.24, 2.45) is 7.05 Å². The van der Waals surface area contributed by atoms with Crippen LogP contribution >= 0.6 is 27.5 Å². The van der Waals surface area contributed by atoms with Gasteiger partial charge in [-0.05, 0) is 18.2 Å². The molecular formula is C12H12BrClN2O. The first-order valence-electron chi connectivity index (χ1n) is 5.17. The average Bonchev–Trinajstić information content (AvgIpc) is 2.68. The predicted octanol–water partition coefficient (Wildman–Crippen LogP) is 3.11. The number of rotatable bonds is 3. The zero-order valence-electron chi connectivity index (χ0n) is 9.27. The van der Waals surface area contributed by atoms with E-state index in [4.69, 9.17) is 11.6 Å². The van der Waals surface area contributed by atoms with Crippen molar-refractivity contribution in [3.05, 3.63) is 51.5 Å². The van der Waals surface area contributed by atoms with Crippen molar-refractivity contribution < 1.29 is 5.11 Å². The number of aromatic nitrogens is 2. The molecule has 1 aromatic heterocycles. The molecule has 1 aromatic carbocycles. The van der Waals surface area contributed by atoms with Gasteiger partial charge in [0.15, 0.2) is 0 Å². The number of halogens is 2. The number of aliphatic hydroxyl groups excluding tert-OH is 1.